The number of aliphatic carboxylic acids is 1. The van der Waals surface area contributed by atoms with E-state index in [0.29, 0.717) is 12.2 Å². The summed E-state index contributed by atoms with van der Waals surface area (Å²) < 4.78 is 0. The number of benzene rings is 1. The summed E-state index contributed by atoms with van der Waals surface area (Å²) in [5.41, 5.74) is 1.48. The van der Waals surface area contributed by atoms with Crippen molar-refractivity contribution in [1.29, 1.82) is 0 Å². The Bertz CT molecular complexity index is 554. The number of anilines is 1. The summed E-state index contributed by atoms with van der Waals surface area (Å²) in [6.07, 6.45) is 2.59. The number of nitrogens with one attached hydrogen (secondary N) is 3. The largest absolute Gasteiger partial charge is 0.478 e. The maximum Gasteiger partial charge on any atom is 0.328 e. The molecule has 1 heterocycles. The molecule has 0 bridgehead atoms. The van der Waals surface area contributed by atoms with Crippen LogP contribution in [-0.2, 0) is 9.59 Å². The van der Waals surface area contributed by atoms with Gasteiger partial charge in [0.25, 0.3) is 0 Å². The molecule has 1 unspecified atom stereocenters. The number of amides is 1. The molecule has 118 valence electrons. The minimum atomic E-state index is -0.986. The molecule has 0 spiro atoms. The van der Waals surface area contributed by atoms with Gasteiger partial charge >= 0.3 is 5.97 Å². The zero-order chi connectivity index (χ0) is 15.9. The van der Waals surface area contributed by atoms with Gasteiger partial charge in [0, 0.05) is 30.9 Å². The molecule has 22 heavy (non-hydrogen) atoms. The fraction of sp³-hybridized carbons (Fsp3) is 0.375. The smallest absolute Gasteiger partial charge is 0.328 e. The lowest BCUT2D eigenvalue weighted by Gasteiger charge is -2.18. The molecular weight excluding hydrogens is 282 g/mol. The molecule has 6 heteroatoms. The number of rotatable bonds is 6. The van der Waals surface area contributed by atoms with Crippen LogP contribution in [0.1, 0.15) is 12.5 Å². The molecule has 0 radical (unpaired) electrons. The minimum absolute atomic E-state index is 0.00946. The molecule has 6 nitrogen and oxygen atoms in total. The molecule has 1 saturated heterocycles. The zero-order valence-electron chi connectivity index (χ0n) is 12.5. The molecule has 1 amide bonds. The van der Waals surface area contributed by atoms with Gasteiger partial charge in [-0.2, -0.15) is 0 Å². The van der Waals surface area contributed by atoms with Crippen LogP contribution >= 0.6 is 0 Å². The number of hydrogen-bond acceptors (Lipinski definition) is 4. The highest BCUT2D eigenvalue weighted by molar-refractivity contribution is 5.93. The average molecular weight is 303 g/mol. The van der Waals surface area contributed by atoms with E-state index >= 15 is 0 Å². The SMILES string of the molecule is CCN[C@@H]1CNCC1C(=O)Nc1ccc(/C=C/C(=O)O)cc1. The lowest BCUT2D eigenvalue weighted by atomic mass is 10.0. The van der Waals surface area contributed by atoms with E-state index in [1.54, 1.807) is 24.3 Å². The molecule has 4 N–H and O–H groups in total. The second-order valence-electron chi connectivity index (χ2n) is 5.21. The summed E-state index contributed by atoms with van der Waals surface area (Å²) in [6, 6.07) is 7.23. The maximum atomic E-state index is 12.3. The maximum absolute atomic E-state index is 12.3. The van der Waals surface area contributed by atoms with E-state index in [1.165, 1.54) is 6.08 Å². The van der Waals surface area contributed by atoms with Crippen molar-refractivity contribution in [3.8, 4) is 0 Å². The van der Waals surface area contributed by atoms with Crippen LogP contribution in [0.15, 0.2) is 30.3 Å². The normalized spacial score (nSPS) is 21.1. The van der Waals surface area contributed by atoms with Gasteiger partial charge in [0.2, 0.25) is 5.91 Å². The Hall–Kier alpha value is -2.18. The van der Waals surface area contributed by atoms with Gasteiger partial charge in [0.05, 0.1) is 5.92 Å². The highest BCUT2D eigenvalue weighted by Gasteiger charge is 2.32. The highest BCUT2D eigenvalue weighted by atomic mass is 16.4. The average Bonchev–Trinajstić information content (AvgIpc) is 2.95. The fourth-order valence-corrected chi connectivity index (χ4v) is 2.51. The van der Waals surface area contributed by atoms with Crippen LogP contribution in [0.5, 0.6) is 0 Å². The van der Waals surface area contributed by atoms with Gasteiger partial charge in [-0.3, -0.25) is 4.79 Å². The molecule has 0 saturated carbocycles. The van der Waals surface area contributed by atoms with Gasteiger partial charge < -0.3 is 21.1 Å². The predicted molar refractivity (Wildman–Crippen MR) is 85.6 cm³/mol. The van der Waals surface area contributed by atoms with Crippen molar-refractivity contribution in [2.45, 2.75) is 13.0 Å². The standard InChI is InChI=1S/C16H21N3O3/c1-2-18-14-10-17-9-13(14)16(22)19-12-6-3-11(4-7-12)5-8-15(20)21/h3-8,13-14,17-18H,2,9-10H2,1H3,(H,19,22)(H,20,21)/b8-5+/t13?,14-/m1/s1. The molecule has 1 aliphatic rings. The van der Waals surface area contributed by atoms with Crippen LogP contribution in [0.2, 0.25) is 0 Å². The first kappa shape index (κ1) is 16.2. The monoisotopic (exact) mass is 303 g/mol. The minimum Gasteiger partial charge on any atom is -0.478 e. The number of hydrogen-bond donors (Lipinski definition) is 4. The van der Waals surface area contributed by atoms with Crippen molar-refractivity contribution in [2.75, 3.05) is 25.0 Å². The van der Waals surface area contributed by atoms with Crippen LogP contribution in [0.4, 0.5) is 5.69 Å². The molecular formula is C16H21N3O3. The molecule has 0 aromatic heterocycles. The molecule has 1 aromatic rings. The van der Waals surface area contributed by atoms with E-state index in [0.717, 1.165) is 24.7 Å². The number of carbonyl (C=O) groups excluding carboxylic acids is 1. The van der Waals surface area contributed by atoms with Crippen molar-refractivity contribution in [2.24, 2.45) is 5.92 Å². The predicted octanol–water partition coefficient (Wildman–Crippen LogP) is 0.920. The number of likely N-dealkylation sites (N-methyl/N-ethyl adjacent to an activating group) is 1. The van der Waals surface area contributed by atoms with Crippen LogP contribution in [0.3, 0.4) is 0 Å². The molecule has 2 rings (SSSR count). The van der Waals surface area contributed by atoms with Crippen LogP contribution in [-0.4, -0.2) is 42.7 Å². The summed E-state index contributed by atoms with van der Waals surface area (Å²) in [5.74, 6) is -1.09. The summed E-state index contributed by atoms with van der Waals surface area (Å²) >= 11 is 0. The molecule has 0 aliphatic carbocycles. The first-order chi connectivity index (χ1) is 10.6. The van der Waals surface area contributed by atoms with Crippen LogP contribution < -0.4 is 16.0 Å². The molecule has 1 fully saturated rings. The quantitative estimate of drug-likeness (QED) is 0.587. The van der Waals surface area contributed by atoms with E-state index in [4.69, 9.17) is 5.11 Å². The first-order valence-electron chi connectivity index (χ1n) is 7.36. The zero-order valence-corrected chi connectivity index (χ0v) is 12.5. The Morgan fingerprint density at radius 2 is 2.05 bits per heavy atom. The van der Waals surface area contributed by atoms with Crippen molar-refractivity contribution in [1.82, 2.24) is 10.6 Å². The molecule has 2 atom stereocenters. The Kier molecular flexibility index (Phi) is 5.68. The summed E-state index contributed by atoms with van der Waals surface area (Å²) in [4.78, 5) is 22.8. The van der Waals surface area contributed by atoms with Gasteiger partial charge in [-0.15, -0.1) is 0 Å². The lowest BCUT2D eigenvalue weighted by Crippen LogP contribution is -2.41. The third kappa shape index (κ3) is 4.41. The summed E-state index contributed by atoms with van der Waals surface area (Å²) in [6.45, 7) is 4.32. The summed E-state index contributed by atoms with van der Waals surface area (Å²) in [7, 11) is 0. The van der Waals surface area contributed by atoms with E-state index < -0.39 is 5.97 Å². The fourth-order valence-electron chi connectivity index (χ4n) is 2.51. The van der Waals surface area contributed by atoms with Crippen molar-refractivity contribution in [3.63, 3.8) is 0 Å². The van der Waals surface area contributed by atoms with Gasteiger partial charge in [-0.1, -0.05) is 19.1 Å². The Balaban J connectivity index is 1.95. The van der Waals surface area contributed by atoms with Crippen molar-refractivity contribution >= 4 is 23.6 Å². The topological polar surface area (TPSA) is 90.5 Å². The summed E-state index contributed by atoms with van der Waals surface area (Å²) in [5, 5.41) is 18.0. The second-order valence-corrected chi connectivity index (χ2v) is 5.21. The number of carbonyl (C=O) groups is 2. The number of carboxylic acid groups (broad SMARTS) is 1. The highest BCUT2D eigenvalue weighted by Crippen LogP contribution is 2.15. The Labute approximate surface area is 129 Å². The Morgan fingerprint density at radius 1 is 1.32 bits per heavy atom. The van der Waals surface area contributed by atoms with E-state index in [9.17, 15) is 9.59 Å². The third-order valence-electron chi connectivity index (χ3n) is 3.61. The van der Waals surface area contributed by atoms with E-state index in [1.807, 2.05) is 6.92 Å². The molecule has 1 aliphatic heterocycles. The Morgan fingerprint density at radius 3 is 2.68 bits per heavy atom. The van der Waals surface area contributed by atoms with Gasteiger partial charge in [0.1, 0.15) is 0 Å². The number of carboxylic acids is 1. The van der Waals surface area contributed by atoms with E-state index in [-0.39, 0.29) is 17.9 Å². The van der Waals surface area contributed by atoms with Crippen LogP contribution in [0, 0.1) is 5.92 Å². The lowest BCUT2D eigenvalue weighted by molar-refractivity contribution is -0.131. The second kappa shape index (κ2) is 7.72. The third-order valence-corrected chi connectivity index (χ3v) is 3.61. The van der Waals surface area contributed by atoms with E-state index in [2.05, 4.69) is 16.0 Å². The van der Waals surface area contributed by atoms with Crippen molar-refractivity contribution in [3.05, 3.63) is 35.9 Å². The molecule has 1 aromatic carbocycles. The van der Waals surface area contributed by atoms with Gasteiger partial charge in [0.15, 0.2) is 0 Å². The first-order valence-corrected chi connectivity index (χ1v) is 7.36. The van der Waals surface area contributed by atoms with Crippen LogP contribution in [0.25, 0.3) is 6.08 Å². The van der Waals surface area contributed by atoms with Gasteiger partial charge in [-0.25, -0.2) is 4.79 Å². The van der Waals surface area contributed by atoms with Gasteiger partial charge in [-0.05, 0) is 30.3 Å². The van der Waals surface area contributed by atoms with Crippen molar-refractivity contribution < 1.29 is 14.7 Å².